The lowest BCUT2D eigenvalue weighted by atomic mass is 9.93. The minimum Gasteiger partial charge on any atom is -0.255 e. The van der Waals surface area contributed by atoms with Crippen LogP contribution in [0.5, 0.6) is 0 Å². The number of hydrogen-bond acceptors (Lipinski definition) is 2. The van der Waals surface area contributed by atoms with E-state index in [1.165, 1.54) is 24.1 Å². The van der Waals surface area contributed by atoms with Crippen LogP contribution in [-0.2, 0) is 12.8 Å². The number of aromatic nitrogens is 1. The molecular weight excluding hydrogens is 304 g/mol. The fourth-order valence-corrected chi connectivity index (χ4v) is 3.37. The first-order valence-corrected chi connectivity index (χ1v) is 8.39. The van der Waals surface area contributed by atoms with Crippen molar-refractivity contribution in [2.24, 2.45) is 4.99 Å². The first kappa shape index (κ1) is 14.4. The Kier molecular flexibility index (Phi) is 3.84. The number of nitrogens with zero attached hydrogens (tertiary/aromatic N) is 2. The van der Waals surface area contributed by atoms with Gasteiger partial charge in [0.1, 0.15) is 0 Å². The minimum absolute atomic E-state index is 0.728. The maximum absolute atomic E-state index is 6.21. The van der Waals surface area contributed by atoms with E-state index in [2.05, 4.69) is 12.1 Å². The Balaban J connectivity index is 1.91. The average Bonchev–Trinajstić information content (AvgIpc) is 2.60. The summed E-state index contributed by atoms with van der Waals surface area (Å²) in [7, 11) is 0. The predicted molar refractivity (Wildman–Crippen MR) is 97.1 cm³/mol. The molecule has 1 aromatic heterocycles. The van der Waals surface area contributed by atoms with Gasteiger partial charge in [0.15, 0.2) is 0 Å². The van der Waals surface area contributed by atoms with E-state index in [1.807, 2.05) is 42.6 Å². The quantitative estimate of drug-likeness (QED) is 0.571. The van der Waals surface area contributed by atoms with Gasteiger partial charge in [0, 0.05) is 22.3 Å². The van der Waals surface area contributed by atoms with E-state index in [-0.39, 0.29) is 0 Å². The van der Waals surface area contributed by atoms with Crippen molar-refractivity contribution >= 4 is 34.4 Å². The van der Waals surface area contributed by atoms with Crippen molar-refractivity contribution in [1.82, 2.24) is 4.98 Å². The molecule has 1 heterocycles. The molecule has 1 aliphatic rings. The molecule has 0 saturated carbocycles. The molecule has 1 aliphatic carbocycles. The molecule has 0 spiro atoms. The second-order valence-corrected chi connectivity index (χ2v) is 6.36. The highest BCUT2D eigenvalue weighted by Crippen LogP contribution is 2.36. The standard InChI is InChI=1S/C20H17ClN2/c21-15-10-11-19-17(12-15)20(16-8-4-5-9-18(16)23-19)22-13-14-6-2-1-3-7-14/h1-3,6-7,10-13H,4-5,8-9H2/b22-13+. The molecule has 0 bridgehead atoms. The van der Waals surface area contributed by atoms with Gasteiger partial charge in [-0.25, -0.2) is 0 Å². The van der Waals surface area contributed by atoms with E-state index in [0.29, 0.717) is 0 Å². The predicted octanol–water partition coefficient (Wildman–Crippen LogP) is 5.52. The van der Waals surface area contributed by atoms with E-state index in [9.17, 15) is 0 Å². The number of pyridine rings is 1. The number of aliphatic imine (C=N–C) groups is 1. The summed E-state index contributed by atoms with van der Waals surface area (Å²) in [4.78, 5) is 9.68. The second-order valence-electron chi connectivity index (χ2n) is 5.92. The molecular formula is C20H17ClN2. The number of fused-ring (bicyclic) bond motifs is 2. The molecule has 0 fully saturated rings. The van der Waals surface area contributed by atoms with Crippen molar-refractivity contribution in [2.75, 3.05) is 0 Å². The van der Waals surface area contributed by atoms with Crippen LogP contribution in [0.15, 0.2) is 53.5 Å². The molecule has 2 aromatic carbocycles. The molecule has 0 radical (unpaired) electrons. The van der Waals surface area contributed by atoms with E-state index >= 15 is 0 Å². The summed E-state index contributed by atoms with van der Waals surface area (Å²) < 4.78 is 0. The number of benzene rings is 2. The Labute approximate surface area is 140 Å². The Morgan fingerprint density at radius 3 is 2.70 bits per heavy atom. The molecule has 114 valence electrons. The monoisotopic (exact) mass is 320 g/mol. The molecule has 0 saturated heterocycles. The largest absolute Gasteiger partial charge is 0.255 e. The molecule has 0 amide bonds. The maximum atomic E-state index is 6.21. The molecule has 3 aromatic rings. The lowest BCUT2D eigenvalue weighted by Gasteiger charge is -2.18. The Morgan fingerprint density at radius 1 is 1.00 bits per heavy atom. The summed E-state index contributed by atoms with van der Waals surface area (Å²) in [6, 6.07) is 16.1. The summed E-state index contributed by atoms with van der Waals surface area (Å²) in [5, 5.41) is 1.77. The van der Waals surface area contributed by atoms with Crippen LogP contribution < -0.4 is 0 Å². The van der Waals surface area contributed by atoms with Gasteiger partial charge < -0.3 is 0 Å². The van der Waals surface area contributed by atoms with Gasteiger partial charge >= 0.3 is 0 Å². The first-order valence-electron chi connectivity index (χ1n) is 8.01. The maximum Gasteiger partial charge on any atom is 0.0774 e. The van der Waals surface area contributed by atoms with Crippen molar-refractivity contribution in [1.29, 1.82) is 0 Å². The third-order valence-electron chi connectivity index (χ3n) is 4.34. The minimum atomic E-state index is 0.728. The van der Waals surface area contributed by atoms with Crippen molar-refractivity contribution < 1.29 is 0 Å². The highest BCUT2D eigenvalue weighted by Gasteiger charge is 2.17. The zero-order valence-electron chi connectivity index (χ0n) is 12.8. The number of rotatable bonds is 2. The molecule has 23 heavy (non-hydrogen) atoms. The lowest BCUT2D eigenvalue weighted by Crippen LogP contribution is -2.06. The van der Waals surface area contributed by atoms with Crippen LogP contribution in [0.3, 0.4) is 0 Å². The van der Waals surface area contributed by atoms with E-state index < -0.39 is 0 Å². The van der Waals surface area contributed by atoms with Crippen LogP contribution in [0.1, 0.15) is 29.7 Å². The van der Waals surface area contributed by atoms with Gasteiger partial charge in [-0.2, -0.15) is 0 Å². The Hall–Kier alpha value is -2.19. The van der Waals surface area contributed by atoms with Crippen LogP contribution in [0, 0.1) is 0 Å². The van der Waals surface area contributed by atoms with Gasteiger partial charge in [-0.1, -0.05) is 41.9 Å². The van der Waals surface area contributed by atoms with Crippen molar-refractivity contribution in [3.8, 4) is 0 Å². The fourth-order valence-electron chi connectivity index (χ4n) is 3.20. The lowest BCUT2D eigenvalue weighted by molar-refractivity contribution is 0.672. The Bertz CT molecular complexity index is 885. The van der Waals surface area contributed by atoms with Gasteiger partial charge in [-0.3, -0.25) is 9.98 Å². The summed E-state index contributed by atoms with van der Waals surface area (Å²) in [5.74, 6) is 0. The molecule has 0 aliphatic heterocycles. The van der Waals surface area contributed by atoms with Gasteiger partial charge in [0.25, 0.3) is 0 Å². The normalized spacial score (nSPS) is 14.3. The fraction of sp³-hybridized carbons (Fsp3) is 0.200. The third kappa shape index (κ3) is 2.87. The zero-order valence-corrected chi connectivity index (χ0v) is 13.6. The van der Waals surface area contributed by atoms with Crippen LogP contribution >= 0.6 is 11.6 Å². The van der Waals surface area contributed by atoms with Gasteiger partial charge in [-0.15, -0.1) is 0 Å². The molecule has 4 rings (SSSR count). The van der Waals surface area contributed by atoms with E-state index in [0.717, 1.165) is 40.0 Å². The van der Waals surface area contributed by atoms with Crippen LogP contribution in [-0.4, -0.2) is 11.2 Å². The van der Waals surface area contributed by atoms with Gasteiger partial charge in [0.2, 0.25) is 0 Å². The number of halogens is 1. The summed E-state index contributed by atoms with van der Waals surface area (Å²) >= 11 is 6.21. The van der Waals surface area contributed by atoms with Crippen molar-refractivity contribution in [3.05, 3.63) is 70.4 Å². The van der Waals surface area contributed by atoms with Gasteiger partial charge in [0.05, 0.1) is 11.2 Å². The van der Waals surface area contributed by atoms with Crippen LogP contribution in [0.25, 0.3) is 10.9 Å². The zero-order chi connectivity index (χ0) is 15.6. The van der Waals surface area contributed by atoms with Crippen LogP contribution in [0.2, 0.25) is 5.02 Å². The molecule has 0 unspecified atom stereocenters. The number of aryl methyl sites for hydroxylation is 1. The number of hydrogen-bond donors (Lipinski definition) is 0. The molecule has 3 heteroatoms. The average molecular weight is 321 g/mol. The summed E-state index contributed by atoms with van der Waals surface area (Å²) in [6.45, 7) is 0. The van der Waals surface area contributed by atoms with E-state index in [4.69, 9.17) is 21.6 Å². The highest BCUT2D eigenvalue weighted by molar-refractivity contribution is 6.31. The van der Waals surface area contributed by atoms with Crippen molar-refractivity contribution in [3.63, 3.8) is 0 Å². The van der Waals surface area contributed by atoms with Gasteiger partial charge in [-0.05, 0) is 55.0 Å². The summed E-state index contributed by atoms with van der Waals surface area (Å²) in [6.07, 6.45) is 6.44. The second kappa shape index (κ2) is 6.13. The van der Waals surface area contributed by atoms with Crippen LogP contribution in [0.4, 0.5) is 5.69 Å². The highest BCUT2D eigenvalue weighted by atomic mass is 35.5. The summed E-state index contributed by atoms with van der Waals surface area (Å²) in [5.41, 5.74) is 5.61. The third-order valence-corrected chi connectivity index (χ3v) is 4.57. The molecule has 0 atom stereocenters. The molecule has 2 nitrogen and oxygen atoms in total. The first-order chi connectivity index (χ1) is 11.3. The van der Waals surface area contributed by atoms with E-state index in [1.54, 1.807) is 0 Å². The smallest absolute Gasteiger partial charge is 0.0774 e. The SMILES string of the molecule is Clc1ccc2nc3c(c(/N=C/c4ccccc4)c2c1)CCCC3. The van der Waals surface area contributed by atoms with Crippen molar-refractivity contribution in [2.45, 2.75) is 25.7 Å². The molecule has 0 N–H and O–H groups in total. The Morgan fingerprint density at radius 2 is 1.83 bits per heavy atom. The topological polar surface area (TPSA) is 25.2 Å².